The maximum absolute atomic E-state index is 12.8. The second kappa shape index (κ2) is 59.6. The second-order valence-electron chi connectivity index (χ2n) is 18.4. The predicted octanol–water partition coefficient (Wildman–Crippen LogP) is 19.8. The van der Waals surface area contributed by atoms with E-state index >= 15 is 0 Å². The minimum absolute atomic E-state index is 0.125. The number of ether oxygens (including phenoxy) is 3. The lowest BCUT2D eigenvalue weighted by Gasteiger charge is -2.18. The smallest absolute Gasteiger partial charge is 0.306 e. The topological polar surface area (TPSA) is 78.9 Å². The third-order valence-corrected chi connectivity index (χ3v) is 11.5. The molecule has 0 amide bonds. The third kappa shape index (κ3) is 57.8. The lowest BCUT2D eigenvalue weighted by atomic mass is 10.0. The largest absolute Gasteiger partial charge is 0.462 e. The lowest BCUT2D eigenvalue weighted by molar-refractivity contribution is -0.166. The fourth-order valence-corrected chi connectivity index (χ4v) is 7.30. The molecule has 0 saturated carbocycles. The summed E-state index contributed by atoms with van der Waals surface area (Å²) in [4.78, 5) is 38.1. The Morgan fingerprint density at radius 2 is 0.521 bits per heavy atom. The molecule has 0 spiro atoms. The zero-order chi connectivity index (χ0) is 52.9. The average Bonchev–Trinajstić information content (AvgIpc) is 3.39. The first kappa shape index (κ1) is 68.0. The fourth-order valence-electron chi connectivity index (χ4n) is 7.30. The molecule has 0 radical (unpaired) electrons. The Balaban J connectivity index is 4.40. The molecule has 0 rings (SSSR count). The molecule has 6 nitrogen and oxygen atoms in total. The Morgan fingerprint density at radius 3 is 0.877 bits per heavy atom. The maximum atomic E-state index is 12.8. The molecular formula is C67H104O6. The van der Waals surface area contributed by atoms with Crippen LogP contribution in [0.1, 0.15) is 226 Å². The molecular weight excluding hydrogens is 901 g/mol. The summed E-state index contributed by atoms with van der Waals surface area (Å²) in [6, 6.07) is 0. The van der Waals surface area contributed by atoms with E-state index in [0.29, 0.717) is 19.3 Å². The van der Waals surface area contributed by atoms with Crippen molar-refractivity contribution in [1.29, 1.82) is 0 Å². The summed E-state index contributed by atoms with van der Waals surface area (Å²) in [5.74, 6) is -1.06. The number of allylic oxidation sites excluding steroid dienone is 26. The van der Waals surface area contributed by atoms with E-state index in [0.717, 1.165) is 116 Å². The fraction of sp³-hybridized carbons (Fsp3) is 0.567. The van der Waals surface area contributed by atoms with Crippen LogP contribution in [0.2, 0.25) is 0 Å². The van der Waals surface area contributed by atoms with Crippen molar-refractivity contribution in [3.8, 4) is 0 Å². The number of hydrogen-bond donors (Lipinski definition) is 0. The minimum Gasteiger partial charge on any atom is -0.462 e. The van der Waals surface area contributed by atoms with Crippen molar-refractivity contribution < 1.29 is 28.6 Å². The summed E-state index contributed by atoms with van der Waals surface area (Å²) in [6.07, 6.45) is 86.9. The van der Waals surface area contributed by atoms with Gasteiger partial charge in [0.15, 0.2) is 6.10 Å². The van der Waals surface area contributed by atoms with Crippen LogP contribution in [0, 0.1) is 0 Å². The summed E-state index contributed by atoms with van der Waals surface area (Å²) >= 11 is 0. The third-order valence-electron chi connectivity index (χ3n) is 11.5. The van der Waals surface area contributed by atoms with Crippen LogP contribution in [0.3, 0.4) is 0 Å². The number of rotatable bonds is 50. The van der Waals surface area contributed by atoms with Crippen LogP contribution < -0.4 is 0 Å². The lowest BCUT2D eigenvalue weighted by Crippen LogP contribution is -2.30. The first-order chi connectivity index (χ1) is 36.0. The SMILES string of the molecule is CC/C=C\C/C=C\C/C=C\C/C=C\C/C=C\CCCCCCCCCCCCCC(=O)OCC(COC(=O)CC/C=C\C/C=C\C/C=C\C/C=C\CC)OC(=O)CCCC/C=C\C/C=C\C/C=C\C/C=C\CC. The van der Waals surface area contributed by atoms with Gasteiger partial charge in [-0.3, -0.25) is 14.4 Å². The van der Waals surface area contributed by atoms with Gasteiger partial charge in [0, 0.05) is 19.3 Å². The van der Waals surface area contributed by atoms with Gasteiger partial charge in [-0.05, 0) is 128 Å². The highest BCUT2D eigenvalue weighted by molar-refractivity contribution is 5.71. The number of unbranched alkanes of at least 4 members (excludes halogenated alkanes) is 13. The van der Waals surface area contributed by atoms with Crippen LogP contribution in [0.25, 0.3) is 0 Å². The summed E-state index contributed by atoms with van der Waals surface area (Å²) < 4.78 is 16.7. The Hall–Kier alpha value is -4.97. The summed E-state index contributed by atoms with van der Waals surface area (Å²) in [6.45, 7) is 6.18. The van der Waals surface area contributed by atoms with Gasteiger partial charge in [-0.2, -0.15) is 0 Å². The van der Waals surface area contributed by atoms with Gasteiger partial charge in [-0.25, -0.2) is 0 Å². The Bertz CT molecular complexity index is 1670. The van der Waals surface area contributed by atoms with Crippen LogP contribution in [-0.4, -0.2) is 37.2 Å². The van der Waals surface area contributed by atoms with Crippen molar-refractivity contribution in [1.82, 2.24) is 0 Å². The van der Waals surface area contributed by atoms with E-state index in [2.05, 4.69) is 167 Å². The van der Waals surface area contributed by atoms with Gasteiger partial charge in [0.2, 0.25) is 0 Å². The van der Waals surface area contributed by atoms with E-state index < -0.39 is 6.10 Å². The molecule has 0 N–H and O–H groups in total. The molecule has 0 aliphatic rings. The minimum atomic E-state index is -0.837. The quantitative estimate of drug-likeness (QED) is 0.0261. The van der Waals surface area contributed by atoms with Crippen molar-refractivity contribution in [3.05, 3.63) is 158 Å². The Kier molecular flexibility index (Phi) is 55.5. The van der Waals surface area contributed by atoms with Crippen molar-refractivity contribution in [2.75, 3.05) is 13.2 Å². The highest BCUT2D eigenvalue weighted by atomic mass is 16.6. The van der Waals surface area contributed by atoms with E-state index in [1.165, 1.54) is 57.8 Å². The maximum Gasteiger partial charge on any atom is 0.306 e. The van der Waals surface area contributed by atoms with Crippen LogP contribution in [0.4, 0.5) is 0 Å². The first-order valence-electron chi connectivity index (χ1n) is 29.0. The number of carbonyl (C=O) groups excluding carboxylic acids is 3. The van der Waals surface area contributed by atoms with E-state index in [4.69, 9.17) is 14.2 Å². The van der Waals surface area contributed by atoms with E-state index in [1.54, 1.807) is 0 Å². The molecule has 0 saturated heterocycles. The van der Waals surface area contributed by atoms with E-state index in [1.807, 2.05) is 12.2 Å². The Morgan fingerprint density at radius 1 is 0.274 bits per heavy atom. The van der Waals surface area contributed by atoms with Gasteiger partial charge >= 0.3 is 17.9 Å². The number of esters is 3. The van der Waals surface area contributed by atoms with E-state index in [9.17, 15) is 14.4 Å². The van der Waals surface area contributed by atoms with Crippen LogP contribution in [-0.2, 0) is 28.6 Å². The zero-order valence-corrected chi connectivity index (χ0v) is 46.6. The molecule has 0 aliphatic heterocycles. The van der Waals surface area contributed by atoms with Crippen molar-refractivity contribution in [2.45, 2.75) is 232 Å². The van der Waals surface area contributed by atoms with Crippen molar-refractivity contribution in [2.24, 2.45) is 0 Å². The molecule has 6 heteroatoms. The van der Waals surface area contributed by atoms with Crippen LogP contribution >= 0.6 is 0 Å². The van der Waals surface area contributed by atoms with Gasteiger partial charge < -0.3 is 14.2 Å². The molecule has 1 unspecified atom stereocenters. The molecule has 0 aromatic heterocycles. The molecule has 0 bridgehead atoms. The first-order valence-corrected chi connectivity index (χ1v) is 29.0. The van der Waals surface area contributed by atoms with Crippen LogP contribution in [0.5, 0.6) is 0 Å². The van der Waals surface area contributed by atoms with Crippen LogP contribution in [0.15, 0.2) is 158 Å². The standard InChI is InChI=1S/C67H104O6/c1-4-7-10-13-16-19-22-25-27-28-29-30-31-32-33-34-35-36-37-38-40-42-45-48-51-54-57-60-66(69)72-63-64(62-71-65(68)59-56-53-50-47-44-41-24-21-18-15-12-9-6-3)73-67(70)61-58-55-52-49-46-43-39-26-23-20-17-14-11-8-5-2/h7-12,16-21,25-27,29-30,32-33,39,41,44,46,49-50,53,64H,4-6,13-15,22-24,28,31,34-38,40,42-43,45,47-48,51-52,54-63H2,1-3H3/b10-7-,11-8-,12-9-,19-16-,20-17-,21-18-,27-25-,30-29-,33-32-,39-26-,44-41-,49-46-,53-50-. The molecule has 0 aromatic rings. The normalized spacial score (nSPS) is 13.3. The van der Waals surface area contributed by atoms with Gasteiger partial charge in [0.05, 0.1) is 0 Å². The molecule has 0 heterocycles. The van der Waals surface area contributed by atoms with Gasteiger partial charge in [0.25, 0.3) is 0 Å². The predicted molar refractivity (Wildman–Crippen MR) is 315 cm³/mol. The molecule has 73 heavy (non-hydrogen) atoms. The number of carbonyl (C=O) groups is 3. The number of hydrogen-bond acceptors (Lipinski definition) is 6. The zero-order valence-electron chi connectivity index (χ0n) is 46.6. The summed E-state index contributed by atoms with van der Waals surface area (Å²) in [5, 5.41) is 0. The molecule has 408 valence electrons. The summed E-state index contributed by atoms with van der Waals surface area (Å²) in [5.41, 5.74) is 0. The molecule has 0 aromatic carbocycles. The highest BCUT2D eigenvalue weighted by Gasteiger charge is 2.19. The van der Waals surface area contributed by atoms with Gasteiger partial charge in [-0.1, -0.05) is 237 Å². The molecule has 1 atom stereocenters. The summed E-state index contributed by atoms with van der Waals surface area (Å²) in [7, 11) is 0. The average molecular weight is 1010 g/mol. The highest BCUT2D eigenvalue weighted by Crippen LogP contribution is 2.14. The monoisotopic (exact) mass is 1000 g/mol. The van der Waals surface area contributed by atoms with E-state index in [-0.39, 0.29) is 44.0 Å². The van der Waals surface area contributed by atoms with Gasteiger partial charge in [0.1, 0.15) is 13.2 Å². The molecule has 0 aliphatic carbocycles. The second-order valence-corrected chi connectivity index (χ2v) is 18.4. The molecule has 0 fully saturated rings. The van der Waals surface area contributed by atoms with Crippen molar-refractivity contribution >= 4 is 17.9 Å². The Labute approximate surface area is 448 Å². The van der Waals surface area contributed by atoms with Gasteiger partial charge in [-0.15, -0.1) is 0 Å². The van der Waals surface area contributed by atoms with Crippen molar-refractivity contribution in [3.63, 3.8) is 0 Å².